The lowest BCUT2D eigenvalue weighted by Gasteiger charge is -2.08. The van der Waals surface area contributed by atoms with E-state index in [9.17, 15) is 9.90 Å². The summed E-state index contributed by atoms with van der Waals surface area (Å²) in [5.41, 5.74) is 0.0294. The number of ether oxygens (including phenoxy) is 1. The highest BCUT2D eigenvalue weighted by Crippen LogP contribution is 2.33. The van der Waals surface area contributed by atoms with Crippen molar-refractivity contribution >= 4 is 29.5 Å². The van der Waals surface area contributed by atoms with E-state index in [1.165, 1.54) is 23.5 Å². The second kappa shape index (κ2) is 8.04. The second-order valence-electron chi connectivity index (χ2n) is 4.85. The van der Waals surface area contributed by atoms with Crippen LogP contribution < -0.4 is 4.74 Å². The summed E-state index contributed by atoms with van der Waals surface area (Å²) >= 11 is 2.68. The maximum atomic E-state index is 11.6. The summed E-state index contributed by atoms with van der Waals surface area (Å²) in [7, 11) is 1.60. The van der Waals surface area contributed by atoms with Crippen LogP contribution in [0.3, 0.4) is 0 Å². The summed E-state index contributed by atoms with van der Waals surface area (Å²) in [6.45, 7) is 0. The first-order valence-electron chi connectivity index (χ1n) is 7.31. The highest BCUT2D eigenvalue weighted by Gasteiger charge is 2.15. The standard InChI is InChI=1S/C18H14N2O3S2/c1-23-12-5-7-13(8-6-12)24-14-9-10-16(20-17(14)18(21)22)25-15-4-2-3-11-19-15/h2-11H,1H3,(H,21,22). The summed E-state index contributed by atoms with van der Waals surface area (Å²) in [6.07, 6.45) is 1.69. The molecule has 2 heterocycles. The maximum absolute atomic E-state index is 11.6. The summed E-state index contributed by atoms with van der Waals surface area (Å²) in [4.78, 5) is 21.6. The third-order valence-corrected chi connectivity index (χ3v) is 5.11. The summed E-state index contributed by atoms with van der Waals surface area (Å²) < 4.78 is 5.13. The fraction of sp³-hybridized carbons (Fsp3) is 0.0556. The number of pyridine rings is 2. The van der Waals surface area contributed by atoms with Gasteiger partial charge < -0.3 is 9.84 Å². The van der Waals surface area contributed by atoms with Crippen LogP contribution in [0.2, 0.25) is 0 Å². The van der Waals surface area contributed by atoms with E-state index in [1.54, 1.807) is 25.4 Å². The van der Waals surface area contributed by atoms with Crippen molar-refractivity contribution in [2.24, 2.45) is 0 Å². The van der Waals surface area contributed by atoms with Gasteiger partial charge in [-0.25, -0.2) is 14.8 Å². The van der Waals surface area contributed by atoms with Crippen molar-refractivity contribution in [1.82, 2.24) is 9.97 Å². The highest BCUT2D eigenvalue weighted by atomic mass is 32.2. The first-order valence-corrected chi connectivity index (χ1v) is 8.94. The Bertz CT molecular complexity index is 871. The molecule has 0 saturated heterocycles. The summed E-state index contributed by atoms with van der Waals surface area (Å²) in [6, 6.07) is 16.6. The fourth-order valence-corrected chi connectivity index (χ4v) is 3.65. The van der Waals surface area contributed by atoms with Crippen LogP contribution >= 0.6 is 23.5 Å². The molecular weight excluding hydrogens is 356 g/mol. The van der Waals surface area contributed by atoms with Gasteiger partial charge in [-0.15, -0.1) is 0 Å². The average Bonchev–Trinajstić information content (AvgIpc) is 2.64. The Morgan fingerprint density at radius 2 is 1.80 bits per heavy atom. The highest BCUT2D eigenvalue weighted by molar-refractivity contribution is 7.99. The molecule has 0 radical (unpaired) electrons. The van der Waals surface area contributed by atoms with E-state index in [1.807, 2.05) is 42.5 Å². The van der Waals surface area contributed by atoms with Crippen LogP contribution in [0.25, 0.3) is 0 Å². The number of nitrogens with zero attached hydrogens (tertiary/aromatic N) is 2. The molecule has 5 nitrogen and oxygen atoms in total. The van der Waals surface area contributed by atoms with E-state index in [-0.39, 0.29) is 5.69 Å². The van der Waals surface area contributed by atoms with Gasteiger partial charge in [-0.3, -0.25) is 0 Å². The zero-order valence-corrected chi connectivity index (χ0v) is 14.9. The van der Waals surface area contributed by atoms with Gasteiger partial charge >= 0.3 is 5.97 Å². The second-order valence-corrected chi connectivity index (χ2v) is 7.01. The van der Waals surface area contributed by atoms with Crippen molar-refractivity contribution < 1.29 is 14.6 Å². The minimum atomic E-state index is -1.06. The Kier molecular flexibility index (Phi) is 5.57. The van der Waals surface area contributed by atoms with E-state index in [0.29, 0.717) is 9.92 Å². The van der Waals surface area contributed by atoms with Crippen LogP contribution in [0, 0.1) is 0 Å². The predicted octanol–water partition coefficient (Wildman–Crippen LogP) is 4.49. The molecule has 3 rings (SSSR count). The van der Waals surface area contributed by atoms with Crippen molar-refractivity contribution in [2.45, 2.75) is 19.8 Å². The average molecular weight is 370 g/mol. The lowest BCUT2D eigenvalue weighted by atomic mass is 10.3. The van der Waals surface area contributed by atoms with Crippen LogP contribution in [-0.2, 0) is 0 Å². The van der Waals surface area contributed by atoms with E-state index >= 15 is 0 Å². The number of methoxy groups -OCH3 is 1. The van der Waals surface area contributed by atoms with Crippen molar-refractivity contribution in [1.29, 1.82) is 0 Å². The van der Waals surface area contributed by atoms with Gasteiger partial charge in [-0.2, -0.15) is 0 Å². The molecule has 1 aromatic carbocycles. The monoisotopic (exact) mass is 370 g/mol. The molecule has 0 aliphatic rings. The smallest absolute Gasteiger partial charge is 0.355 e. The van der Waals surface area contributed by atoms with E-state index in [4.69, 9.17) is 4.74 Å². The Morgan fingerprint density at radius 1 is 1.00 bits per heavy atom. The van der Waals surface area contributed by atoms with Gasteiger partial charge in [-0.05, 0) is 48.5 Å². The van der Waals surface area contributed by atoms with Gasteiger partial charge in [0.2, 0.25) is 0 Å². The van der Waals surface area contributed by atoms with Gasteiger partial charge in [0.25, 0.3) is 0 Å². The minimum Gasteiger partial charge on any atom is -0.497 e. The number of benzene rings is 1. The third-order valence-electron chi connectivity index (χ3n) is 3.17. The molecule has 2 aromatic heterocycles. The first kappa shape index (κ1) is 17.3. The SMILES string of the molecule is COc1ccc(Sc2ccc(Sc3ccccn3)nc2C(=O)O)cc1. The number of carboxylic acids is 1. The van der Waals surface area contributed by atoms with Crippen molar-refractivity contribution in [3.05, 3.63) is 66.5 Å². The third kappa shape index (κ3) is 4.52. The van der Waals surface area contributed by atoms with E-state index < -0.39 is 5.97 Å². The quantitative estimate of drug-likeness (QED) is 0.685. The number of hydrogen-bond acceptors (Lipinski definition) is 6. The zero-order chi connectivity index (χ0) is 17.6. The summed E-state index contributed by atoms with van der Waals surface area (Å²) in [5, 5.41) is 10.9. The van der Waals surface area contributed by atoms with Crippen LogP contribution in [-0.4, -0.2) is 28.2 Å². The maximum Gasteiger partial charge on any atom is 0.355 e. The molecule has 0 fully saturated rings. The molecule has 126 valence electrons. The van der Waals surface area contributed by atoms with Crippen molar-refractivity contribution in [3.8, 4) is 5.75 Å². The van der Waals surface area contributed by atoms with Crippen molar-refractivity contribution in [3.63, 3.8) is 0 Å². The number of hydrogen-bond donors (Lipinski definition) is 1. The molecule has 0 saturated carbocycles. The molecule has 0 atom stereocenters. The van der Waals surface area contributed by atoms with Gasteiger partial charge in [0.15, 0.2) is 5.69 Å². The number of carboxylic acid groups (broad SMARTS) is 1. The Morgan fingerprint density at radius 3 is 2.44 bits per heavy atom. The minimum absolute atomic E-state index is 0.0294. The topological polar surface area (TPSA) is 72.3 Å². The largest absolute Gasteiger partial charge is 0.497 e. The molecule has 3 aromatic rings. The molecule has 0 spiro atoms. The lowest BCUT2D eigenvalue weighted by molar-refractivity contribution is 0.0685. The zero-order valence-electron chi connectivity index (χ0n) is 13.2. The van der Waals surface area contributed by atoms with E-state index in [2.05, 4.69) is 9.97 Å². The molecule has 0 aliphatic carbocycles. The Balaban J connectivity index is 1.84. The normalized spacial score (nSPS) is 10.4. The molecule has 0 bridgehead atoms. The van der Waals surface area contributed by atoms with Gasteiger partial charge in [0, 0.05) is 16.0 Å². The molecule has 0 unspecified atom stereocenters. The molecule has 0 amide bonds. The molecule has 0 aliphatic heterocycles. The van der Waals surface area contributed by atoms with Crippen LogP contribution in [0.4, 0.5) is 0 Å². The van der Waals surface area contributed by atoms with Crippen LogP contribution in [0.5, 0.6) is 5.75 Å². The number of rotatable bonds is 6. The fourth-order valence-electron chi connectivity index (χ4n) is 2.01. The Hall–Kier alpha value is -2.51. The van der Waals surface area contributed by atoms with Gasteiger partial charge in [-0.1, -0.05) is 29.6 Å². The number of aromatic carboxylic acids is 1. The van der Waals surface area contributed by atoms with Crippen molar-refractivity contribution in [2.75, 3.05) is 7.11 Å². The lowest BCUT2D eigenvalue weighted by Crippen LogP contribution is -2.03. The van der Waals surface area contributed by atoms with E-state index in [0.717, 1.165) is 15.7 Å². The molecule has 1 N–H and O–H groups in total. The van der Waals surface area contributed by atoms with Crippen LogP contribution in [0.1, 0.15) is 10.5 Å². The first-order chi connectivity index (χ1) is 12.2. The Labute approximate surface area is 153 Å². The number of carbonyl (C=O) groups is 1. The molecular formula is C18H14N2O3S2. The van der Waals surface area contributed by atoms with Gasteiger partial charge in [0.05, 0.1) is 7.11 Å². The van der Waals surface area contributed by atoms with Crippen LogP contribution in [0.15, 0.2) is 80.6 Å². The number of aromatic nitrogens is 2. The predicted molar refractivity (Wildman–Crippen MR) is 96.7 cm³/mol. The molecule has 25 heavy (non-hydrogen) atoms. The molecule has 7 heteroatoms. The van der Waals surface area contributed by atoms with Gasteiger partial charge in [0.1, 0.15) is 15.8 Å². The summed E-state index contributed by atoms with van der Waals surface area (Å²) in [5.74, 6) is -0.303.